The minimum Gasteiger partial charge on any atom is -0.350 e. The van der Waals surface area contributed by atoms with Crippen molar-refractivity contribution in [2.45, 2.75) is 38.3 Å². The number of benzene rings is 3. The van der Waals surface area contributed by atoms with E-state index in [1.807, 2.05) is 48.2 Å². The molecule has 2 unspecified atom stereocenters. The Balaban J connectivity index is 1.32. The Morgan fingerprint density at radius 3 is 2.21 bits per heavy atom. The standard InChI is InChI=1S/C32H36ClN3O2/c1-25(13-14-26-9-4-2-5-10-26)34-30(37)19-20-31(38)35-21-8-22-36(24-23-35)32(27-11-6-3-7-12-27)28-15-17-29(33)18-16-28/h2-7,9-12,15-20,25,32H,8,13-14,21-24H2,1H3,(H,34,37)/b20-19-. The maximum Gasteiger partial charge on any atom is 0.246 e. The van der Waals surface area contributed by atoms with Crippen molar-refractivity contribution in [3.05, 3.63) is 119 Å². The first-order valence-electron chi connectivity index (χ1n) is 13.4. The van der Waals surface area contributed by atoms with Crippen LogP contribution in [0.15, 0.2) is 97.1 Å². The minimum atomic E-state index is -0.234. The van der Waals surface area contributed by atoms with Crippen LogP contribution in [0.4, 0.5) is 0 Å². The SMILES string of the molecule is CC(CCc1ccccc1)NC(=O)/C=C\C(=O)N1CCCN(C(c2ccccc2)c2ccc(Cl)cc2)CC1. The summed E-state index contributed by atoms with van der Waals surface area (Å²) in [6.45, 7) is 4.87. The second-order valence-corrected chi connectivity index (χ2v) is 10.3. The molecule has 2 amide bonds. The molecule has 1 aliphatic heterocycles. The molecule has 3 aromatic carbocycles. The monoisotopic (exact) mass is 529 g/mol. The van der Waals surface area contributed by atoms with Crippen molar-refractivity contribution in [3.8, 4) is 0 Å². The Morgan fingerprint density at radius 2 is 1.50 bits per heavy atom. The molecule has 38 heavy (non-hydrogen) atoms. The molecule has 0 spiro atoms. The average Bonchev–Trinajstić information content (AvgIpc) is 3.19. The van der Waals surface area contributed by atoms with Gasteiger partial charge in [-0.25, -0.2) is 0 Å². The number of halogens is 1. The molecule has 1 saturated heterocycles. The molecule has 5 nitrogen and oxygen atoms in total. The van der Waals surface area contributed by atoms with E-state index in [9.17, 15) is 9.59 Å². The topological polar surface area (TPSA) is 52.7 Å². The van der Waals surface area contributed by atoms with Crippen LogP contribution in [0.5, 0.6) is 0 Å². The van der Waals surface area contributed by atoms with E-state index in [0.29, 0.717) is 13.1 Å². The molecule has 3 aromatic rings. The van der Waals surface area contributed by atoms with Crippen LogP contribution in [-0.2, 0) is 16.0 Å². The molecule has 1 fully saturated rings. The average molecular weight is 530 g/mol. The molecule has 0 saturated carbocycles. The van der Waals surface area contributed by atoms with E-state index in [2.05, 4.69) is 58.7 Å². The number of rotatable bonds is 9. The van der Waals surface area contributed by atoms with Gasteiger partial charge in [-0.2, -0.15) is 0 Å². The summed E-state index contributed by atoms with van der Waals surface area (Å²) in [7, 11) is 0. The van der Waals surface area contributed by atoms with Crippen molar-refractivity contribution in [1.82, 2.24) is 15.1 Å². The Hall–Kier alpha value is -3.41. The summed E-state index contributed by atoms with van der Waals surface area (Å²) < 4.78 is 0. The summed E-state index contributed by atoms with van der Waals surface area (Å²) in [4.78, 5) is 29.6. The fourth-order valence-corrected chi connectivity index (χ4v) is 5.08. The van der Waals surface area contributed by atoms with Gasteiger partial charge < -0.3 is 10.2 Å². The largest absolute Gasteiger partial charge is 0.350 e. The Morgan fingerprint density at radius 1 is 0.842 bits per heavy atom. The fraction of sp³-hybridized carbons (Fsp3) is 0.312. The zero-order valence-corrected chi connectivity index (χ0v) is 22.7. The molecule has 4 rings (SSSR count). The third-order valence-corrected chi connectivity index (χ3v) is 7.24. The lowest BCUT2D eigenvalue weighted by molar-refractivity contribution is -0.126. The highest BCUT2D eigenvalue weighted by molar-refractivity contribution is 6.30. The molecule has 2 atom stereocenters. The molecule has 1 aliphatic rings. The second kappa shape index (κ2) is 13.9. The van der Waals surface area contributed by atoms with Crippen LogP contribution in [0.2, 0.25) is 5.02 Å². The van der Waals surface area contributed by atoms with Gasteiger partial charge in [0.05, 0.1) is 6.04 Å². The van der Waals surface area contributed by atoms with Crippen LogP contribution in [0, 0.1) is 0 Å². The molecule has 1 heterocycles. The highest BCUT2D eigenvalue weighted by Gasteiger charge is 2.26. The lowest BCUT2D eigenvalue weighted by Gasteiger charge is -2.31. The van der Waals surface area contributed by atoms with Crippen LogP contribution in [-0.4, -0.2) is 53.8 Å². The van der Waals surface area contributed by atoms with E-state index in [1.165, 1.54) is 28.8 Å². The highest BCUT2D eigenvalue weighted by Crippen LogP contribution is 2.30. The van der Waals surface area contributed by atoms with Crippen molar-refractivity contribution in [3.63, 3.8) is 0 Å². The van der Waals surface area contributed by atoms with E-state index < -0.39 is 0 Å². The molecule has 0 aliphatic carbocycles. The summed E-state index contributed by atoms with van der Waals surface area (Å²) in [6.07, 6.45) is 5.37. The first-order chi connectivity index (χ1) is 18.5. The number of amides is 2. The molecule has 1 N–H and O–H groups in total. The summed E-state index contributed by atoms with van der Waals surface area (Å²) in [6, 6.07) is 28.8. The van der Waals surface area contributed by atoms with Gasteiger partial charge in [0.25, 0.3) is 0 Å². The van der Waals surface area contributed by atoms with Gasteiger partial charge in [0.15, 0.2) is 0 Å². The zero-order chi connectivity index (χ0) is 26.7. The quantitative estimate of drug-likeness (QED) is 0.364. The van der Waals surface area contributed by atoms with Crippen LogP contribution < -0.4 is 5.32 Å². The number of nitrogens with one attached hydrogen (secondary N) is 1. The number of aryl methyl sites for hydroxylation is 1. The molecular formula is C32H36ClN3O2. The van der Waals surface area contributed by atoms with Gasteiger partial charge in [0, 0.05) is 49.4 Å². The maximum atomic E-state index is 12.9. The van der Waals surface area contributed by atoms with Crippen LogP contribution in [0.25, 0.3) is 0 Å². The first-order valence-corrected chi connectivity index (χ1v) is 13.7. The molecule has 0 bridgehead atoms. The third-order valence-electron chi connectivity index (χ3n) is 6.98. The van der Waals surface area contributed by atoms with Gasteiger partial charge in [-0.15, -0.1) is 0 Å². The number of carbonyl (C=O) groups excluding carboxylic acids is 2. The summed E-state index contributed by atoms with van der Waals surface area (Å²) in [5, 5.41) is 3.69. The second-order valence-electron chi connectivity index (χ2n) is 9.85. The first kappa shape index (κ1) is 27.6. The van der Waals surface area contributed by atoms with Crippen LogP contribution in [0.1, 0.15) is 42.5 Å². The van der Waals surface area contributed by atoms with Crippen molar-refractivity contribution in [2.75, 3.05) is 26.2 Å². The van der Waals surface area contributed by atoms with Crippen molar-refractivity contribution >= 4 is 23.4 Å². The highest BCUT2D eigenvalue weighted by atomic mass is 35.5. The zero-order valence-electron chi connectivity index (χ0n) is 21.9. The maximum absolute atomic E-state index is 12.9. The Labute approximate surface area is 231 Å². The van der Waals surface area contributed by atoms with Crippen molar-refractivity contribution in [2.24, 2.45) is 0 Å². The summed E-state index contributed by atoms with van der Waals surface area (Å²) in [5.74, 6) is -0.357. The Kier molecular flexibility index (Phi) is 10.1. The Bertz CT molecular complexity index is 1200. The van der Waals surface area contributed by atoms with Gasteiger partial charge >= 0.3 is 0 Å². The van der Waals surface area contributed by atoms with E-state index in [0.717, 1.165) is 37.4 Å². The predicted octanol–water partition coefficient (Wildman–Crippen LogP) is 5.66. The lowest BCUT2D eigenvalue weighted by Crippen LogP contribution is -2.36. The van der Waals surface area contributed by atoms with Gasteiger partial charge in [-0.05, 0) is 55.0 Å². The van der Waals surface area contributed by atoms with Crippen LogP contribution in [0.3, 0.4) is 0 Å². The molecule has 0 aromatic heterocycles. The third kappa shape index (κ3) is 8.04. The van der Waals surface area contributed by atoms with E-state index in [4.69, 9.17) is 11.6 Å². The normalized spacial score (nSPS) is 16.1. The molecule has 0 radical (unpaired) electrons. The molecule has 198 valence electrons. The van der Waals surface area contributed by atoms with Crippen molar-refractivity contribution in [1.29, 1.82) is 0 Å². The minimum absolute atomic E-state index is 0.0250. The van der Waals surface area contributed by atoms with Gasteiger partial charge in [0.2, 0.25) is 11.8 Å². The smallest absolute Gasteiger partial charge is 0.246 e. The van der Waals surface area contributed by atoms with E-state index in [-0.39, 0.29) is 23.9 Å². The lowest BCUT2D eigenvalue weighted by atomic mass is 9.97. The van der Waals surface area contributed by atoms with E-state index >= 15 is 0 Å². The summed E-state index contributed by atoms with van der Waals surface area (Å²) in [5.41, 5.74) is 3.64. The predicted molar refractivity (Wildman–Crippen MR) is 154 cm³/mol. The van der Waals surface area contributed by atoms with Crippen LogP contribution >= 0.6 is 11.6 Å². The number of hydrogen-bond donors (Lipinski definition) is 1. The fourth-order valence-electron chi connectivity index (χ4n) is 4.95. The molecule has 6 heteroatoms. The number of hydrogen-bond acceptors (Lipinski definition) is 3. The summed E-state index contributed by atoms with van der Waals surface area (Å²) >= 11 is 6.16. The van der Waals surface area contributed by atoms with Gasteiger partial charge in [0.1, 0.15) is 0 Å². The molecular weight excluding hydrogens is 494 g/mol. The van der Waals surface area contributed by atoms with E-state index in [1.54, 1.807) is 0 Å². The van der Waals surface area contributed by atoms with Crippen molar-refractivity contribution < 1.29 is 9.59 Å². The number of nitrogens with zero attached hydrogens (tertiary/aromatic N) is 2. The number of carbonyl (C=O) groups is 2. The van der Waals surface area contributed by atoms with Gasteiger partial charge in [-0.3, -0.25) is 14.5 Å². The van der Waals surface area contributed by atoms with Gasteiger partial charge in [-0.1, -0.05) is 84.4 Å².